The van der Waals surface area contributed by atoms with Crippen molar-refractivity contribution < 1.29 is 14.6 Å². The lowest BCUT2D eigenvalue weighted by atomic mass is 10.2. The molecule has 0 radical (unpaired) electrons. The van der Waals surface area contributed by atoms with Gasteiger partial charge in [0.25, 0.3) is 0 Å². The molecule has 1 heterocycles. The number of hydrogen-bond donors (Lipinski definition) is 1. The van der Waals surface area contributed by atoms with Crippen molar-refractivity contribution >= 4 is 5.97 Å². The number of carboxylic acid groups (broad SMARTS) is 1. The molecule has 0 saturated heterocycles. The highest BCUT2D eigenvalue weighted by atomic mass is 16.5. The Kier molecular flexibility index (Phi) is 2.99. The topological polar surface area (TPSA) is 90.1 Å². The average molecular weight is 234 g/mol. The first-order valence-corrected chi connectivity index (χ1v) is 4.85. The Balaban J connectivity index is 2.14. The maximum absolute atomic E-state index is 10.9. The van der Waals surface area contributed by atoms with Gasteiger partial charge in [0.1, 0.15) is 17.9 Å². The minimum Gasteiger partial charge on any atom is -0.485 e. The number of benzene rings is 1. The molecule has 7 heteroatoms. The molecular formula is C10H10N4O3. The summed E-state index contributed by atoms with van der Waals surface area (Å²) in [6.07, 6.45) is 0. The van der Waals surface area contributed by atoms with Crippen LogP contribution in [0.5, 0.6) is 5.75 Å². The summed E-state index contributed by atoms with van der Waals surface area (Å²) in [4.78, 5) is 10.9. The summed E-state index contributed by atoms with van der Waals surface area (Å²) < 4.78 is 6.84. The van der Waals surface area contributed by atoms with Crippen molar-refractivity contribution in [1.29, 1.82) is 0 Å². The van der Waals surface area contributed by atoms with E-state index >= 15 is 0 Å². The van der Waals surface area contributed by atoms with Crippen LogP contribution < -0.4 is 4.74 Å². The van der Waals surface area contributed by atoms with E-state index in [4.69, 9.17) is 9.84 Å². The number of hydrogen-bond acceptors (Lipinski definition) is 5. The van der Waals surface area contributed by atoms with Gasteiger partial charge >= 0.3 is 5.97 Å². The molecule has 1 aromatic carbocycles. The van der Waals surface area contributed by atoms with Crippen molar-refractivity contribution in [2.45, 2.75) is 6.61 Å². The van der Waals surface area contributed by atoms with Crippen LogP contribution in [-0.4, -0.2) is 31.3 Å². The minimum absolute atomic E-state index is 0.114. The first-order chi connectivity index (χ1) is 8.18. The predicted octanol–water partition coefficient (Wildman–Crippen LogP) is 0.487. The second-order valence-corrected chi connectivity index (χ2v) is 3.31. The number of aryl methyl sites for hydroxylation is 1. The second-order valence-electron chi connectivity index (χ2n) is 3.31. The van der Waals surface area contributed by atoms with Gasteiger partial charge in [-0.15, -0.1) is 5.10 Å². The molecule has 0 unspecified atom stereocenters. The first-order valence-electron chi connectivity index (χ1n) is 4.85. The van der Waals surface area contributed by atoms with Crippen LogP contribution in [-0.2, 0) is 13.7 Å². The Bertz CT molecular complexity index is 538. The molecule has 0 aliphatic rings. The molecule has 0 amide bonds. The molecule has 2 aromatic rings. The van der Waals surface area contributed by atoms with E-state index in [2.05, 4.69) is 15.5 Å². The van der Waals surface area contributed by atoms with E-state index in [-0.39, 0.29) is 12.2 Å². The third-order valence-corrected chi connectivity index (χ3v) is 2.18. The van der Waals surface area contributed by atoms with Crippen LogP contribution in [0.3, 0.4) is 0 Å². The van der Waals surface area contributed by atoms with E-state index in [1.54, 1.807) is 25.2 Å². The van der Waals surface area contributed by atoms with Crippen LogP contribution >= 0.6 is 0 Å². The van der Waals surface area contributed by atoms with Gasteiger partial charge in [0.2, 0.25) is 0 Å². The van der Waals surface area contributed by atoms with Gasteiger partial charge < -0.3 is 9.84 Å². The monoisotopic (exact) mass is 234 g/mol. The Morgan fingerprint density at radius 2 is 2.24 bits per heavy atom. The quantitative estimate of drug-likeness (QED) is 0.827. The summed E-state index contributed by atoms with van der Waals surface area (Å²) in [5.74, 6) is -0.218. The molecule has 2 rings (SSSR count). The summed E-state index contributed by atoms with van der Waals surface area (Å²) in [5, 5.41) is 19.8. The standard InChI is InChI=1S/C10H10N4O3/c1-14-9(11-12-13-14)6-17-8-5-3-2-4-7(8)10(15)16/h2-5H,6H2,1H3,(H,15,16). The van der Waals surface area contributed by atoms with E-state index in [0.29, 0.717) is 11.6 Å². The minimum atomic E-state index is -1.03. The Hall–Kier alpha value is -2.44. The van der Waals surface area contributed by atoms with Crippen molar-refractivity contribution in [1.82, 2.24) is 20.2 Å². The molecule has 1 aromatic heterocycles. The molecule has 7 nitrogen and oxygen atoms in total. The zero-order valence-corrected chi connectivity index (χ0v) is 9.07. The molecule has 17 heavy (non-hydrogen) atoms. The van der Waals surface area contributed by atoms with Gasteiger partial charge in [-0.2, -0.15) is 0 Å². The molecule has 0 aliphatic carbocycles. The smallest absolute Gasteiger partial charge is 0.339 e. The lowest BCUT2D eigenvalue weighted by Gasteiger charge is -2.07. The van der Waals surface area contributed by atoms with Gasteiger partial charge in [0, 0.05) is 7.05 Å². The number of ether oxygens (including phenoxy) is 1. The van der Waals surface area contributed by atoms with Gasteiger partial charge in [0.05, 0.1) is 0 Å². The SMILES string of the molecule is Cn1nnnc1COc1ccccc1C(=O)O. The normalized spacial score (nSPS) is 10.2. The third kappa shape index (κ3) is 2.39. The van der Waals surface area contributed by atoms with Gasteiger partial charge in [-0.1, -0.05) is 12.1 Å². The fourth-order valence-corrected chi connectivity index (χ4v) is 1.28. The number of carbonyl (C=O) groups is 1. The van der Waals surface area contributed by atoms with Crippen molar-refractivity contribution in [3.05, 3.63) is 35.7 Å². The maximum Gasteiger partial charge on any atom is 0.339 e. The highest BCUT2D eigenvalue weighted by molar-refractivity contribution is 5.90. The van der Waals surface area contributed by atoms with Crippen molar-refractivity contribution in [2.75, 3.05) is 0 Å². The number of para-hydroxylation sites is 1. The summed E-state index contributed by atoms with van der Waals surface area (Å²) in [6, 6.07) is 6.41. The fourth-order valence-electron chi connectivity index (χ4n) is 1.28. The zero-order valence-electron chi connectivity index (χ0n) is 9.07. The number of nitrogens with zero attached hydrogens (tertiary/aromatic N) is 4. The van der Waals surface area contributed by atoms with Gasteiger partial charge in [0.15, 0.2) is 5.82 Å². The fraction of sp³-hybridized carbons (Fsp3) is 0.200. The number of aromatic carboxylic acids is 1. The molecule has 1 N–H and O–H groups in total. The number of carboxylic acids is 1. The van der Waals surface area contributed by atoms with Gasteiger partial charge in [-0.3, -0.25) is 0 Å². The number of aromatic nitrogens is 4. The molecular weight excluding hydrogens is 224 g/mol. The van der Waals surface area contributed by atoms with E-state index in [1.165, 1.54) is 10.7 Å². The van der Waals surface area contributed by atoms with Crippen LogP contribution in [0, 0.1) is 0 Å². The molecule has 0 saturated carbocycles. The maximum atomic E-state index is 10.9. The third-order valence-electron chi connectivity index (χ3n) is 2.18. The summed E-state index contributed by atoms with van der Waals surface area (Å²) in [5.41, 5.74) is 0.114. The van der Waals surface area contributed by atoms with Crippen LogP contribution in [0.25, 0.3) is 0 Å². The highest BCUT2D eigenvalue weighted by Gasteiger charge is 2.11. The van der Waals surface area contributed by atoms with Gasteiger partial charge in [-0.25, -0.2) is 9.48 Å². The van der Waals surface area contributed by atoms with Crippen molar-refractivity contribution in [3.8, 4) is 5.75 Å². The number of tetrazole rings is 1. The highest BCUT2D eigenvalue weighted by Crippen LogP contribution is 2.18. The summed E-state index contributed by atoms with van der Waals surface area (Å²) in [7, 11) is 1.68. The lowest BCUT2D eigenvalue weighted by Crippen LogP contribution is -2.07. The molecule has 0 spiro atoms. The first kappa shape index (κ1) is 11.1. The van der Waals surface area contributed by atoms with Gasteiger partial charge in [-0.05, 0) is 22.6 Å². The lowest BCUT2D eigenvalue weighted by molar-refractivity contribution is 0.0691. The van der Waals surface area contributed by atoms with E-state index in [1.807, 2.05) is 0 Å². The molecule has 88 valence electrons. The molecule has 0 bridgehead atoms. The van der Waals surface area contributed by atoms with E-state index < -0.39 is 5.97 Å². The van der Waals surface area contributed by atoms with Crippen LogP contribution in [0.15, 0.2) is 24.3 Å². The second kappa shape index (κ2) is 4.60. The van der Waals surface area contributed by atoms with E-state index in [0.717, 1.165) is 0 Å². The van der Waals surface area contributed by atoms with Crippen molar-refractivity contribution in [3.63, 3.8) is 0 Å². The zero-order chi connectivity index (χ0) is 12.3. The van der Waals surface area contributed by atoms with Crippen LogP contribution in [0.2, 0.25) is 0 Å². The van der Waals surface area contributed by atoms with Crippen LogP contribution in [0.1, 0.15) is 16.2 Å². The van der Waals surface area contributed by atoms with E-state index in [9.17, 15) is 4.79 Å². The molecule has 0 atom stereocenters. The predicted molar refractivity (Wildman–Crippen MR) is 56.5 cm³/mol. The summed E-state index contributed by atoms with van der Waals surface area (Å²) in [6.45, 7) is 0.119. The largest absolute Gasteiger partial charge is 0.485 e. The summed E-state index contributed by atoms with van der Waals surface area (Å²) >= 11 is 0. The van der Waals surface area contributed by atoms with Crippen molar-refractivity contribution in [2.24, 2.45) is 7.05 Å². The number of rotatable bonds is 4. The molecule has 0 fully saturated rings. The van der Waals surface area contributed by atoms with Crippen LogP contribution in [0.4, 0.5) is 0 Å². The Morgan fingerprint density at radius 3 is 2.88 bits per heavy atom. The average Bonchev–Trinajstić information content (AvgIpc) is 2.72. The Labute approximate surface area is 96.6 Å². The Morgan fingerprint density at radius 1 is 1.47 bits per heavy atom. The molecule has 0 aliphatic heterocycles.